The fourth-order valence-electron chi connectivity index (χ4n) is 6.72. The third kappa shape index (κ3) is 4.73. The molecule has 2 atom stereocenters. The lowest BCUT2D eigenvalue weighted by atomic mass is 9.74. The Hall–Kier alpha value is -3.62. The van der Waals surface area contributed by atoms with Crippen molar-refractivity contribution in [1.29, 1.82) is 0 Å². The van der Waals surface area contributed by atoms with Crippen molar-refractivity contribution in [2.45, 2.75) is 50.0 Å². The van der Waals surface area contributed by atoms with Crippen molar-refractivity contribution in [3.05, 3.63) is 88.8 Å². The van der Waals surface area contributed by atoms with Crippen molar-refractivity contribution in [2.24, 2.45) is 12.5 Å². The number of allylic oxidation sites excluding steroid dienone is 1. The highest BCUT2D eigenvalue weighted by Crippen LogP contribution is 2.58. The standard InChI is InChI=1S/C32H36ClN5O3/c1-20-32(14-17-41-18-15-32)23-10-9-21(19-26(23)37(20)3)35-30(40)28(36-29(39)25-11-16-34-38(25)4)27(31(2)12-13-31)22-7-5-6-8-24(22)33/h5-11,16,19,27-28H,1,12-15,17-18H2,2-4H3,(H,35,40)(H,36,39)/t27-,28-/m0/s1. The zero-order valence-electron chi connectivity index (χ0n) is 23.7. The average molecular weight is 574 g/mol. The number of aromatic nitrogens is 2. The molecule has 1 saturated carbocycles. The zero-order chi connectivity index (χ0) is 28.9. The minimum atomic E-state index is -0.868. The number of benzene rings is 2. The van der Waals surface area contributed by atoms with Crippen molar-refractivity contribution in [2.75, 3.05) is 30.5 Å². The number of hydrogen-bond acceptors (Lipinski definition) is 5. The number of nitrogens with one attached hydrogen (secondary N) is 2. The van der Waals surface area contributed by atoms with Crippen LogP contribution in [-0.2, 0) is 22.0 Å². The maximum atomic E-state index is 14.2. The normalized spacial score (nSPS) is 19.9. The predicted octanol–water partition coefficient (Wildman–Crippen LogP) is 5.41. The number of halogens is 1. The molecule has 0 bridgehead atoms. The Bertz CT molecular complexity index is 1520. The van der Waals surface area contributed by atoms with Gasteiger partial charge in [0.15, 0.2) is 0 Å². The van der Waals surface area contributed by atoms with E-state index in [-0.39, 0.29) is 28.6 Å². The van der Waals surface area contributed by atoms with E-state index in [9.17, 15) is 9.59 Å². The van der Waals surface area contributed by atoms with Crippen molar-refractivity contribution in [3.8, 4) is 0 Å². The van der Waals surface area contributed by atoms with E-state index >= 15 is 0 Å². The monoisotopic (exact) mass is 573 g/mol. The fraction of sp³-hybridized carbons (Fsp3) is 0.406. The molecular formula is C32H36ClN5O3. The molecule has 41 heavy (non-hydrogen) atoms. The van der Waals surface area contributed by atoms with Crippen LogP contribution < -0.4 is 15.5 Å². The van der Waals surface area contributed by atoms with Crippen LogP contribution in [0.3, 0.4) is 0 Å². The molecule has 3 aromatic rings. The van der Waals surface area contributed by atoms with Crippen LogP contribution >= 0.6 is 11.6 Å². The van der Waals surface area contributed by atoms with Crippen LogP contribution in [0, 0.1) is 5.41 Å². The zero-order valence-corrected chi connectivity index (χ0v) is 24.5. The third-order valence-electron chi connectivity index (χ3n) is 9.43. The maximum Gasteiger partial charge on any atom is 0.270 e. The Morgan fingerprint density at radius 1 is 1.07 bits per heavy atom. The second kappa shape index (κ2) is 10.3. The Morgan fingerprint density at radius 3 is 2.46 bits per heavy atom. The SMILES string of the molecule is C=C1N(C)c2cc(NC(=O)[C@@H](NC(=O)c3ccnn3C)[C@H](c3ccccc3Cl)C3(C)CC3)ccc2C12CCOCC2. The average Bonchev–Trinajstić information content (AvgIpc) is 3.50. The molecule has 3 aliphatic rings. The second-order valence-electron chi connectivity index (χ2n) is 11.9. The summed E-state index contributed by atoms with van der Waals surface area (Å²) in [6, 6.07) is 14.4. The summed E-state index contributed by atoms with van der Waals surface area (Å²) in [6.07, 6.45) is 5.21. The first-order chi connectivity index (χ1) is 19.6. The lowest BCUT2D eigenvalue weighted by Crippen LogP contribution is -2.50. The molecule has 214 valence electrons. The molecule has 2 aromatic carbocycles. The van der Waals surface area contributed by atoms with E-state index in [1.165, 1.54) is 10.2 Å². The molecule has 2 fully saturated rings. The molecule has 9 heteroatoms. The van der Waals surface area contributed by atoms with Crippen LogP contribution in [0.25, 0.3) is 0 Å². The number of carbonyl (C=O) groups excluding carboxylic acids is 2. The van der Waals surface area contributed by atoms with E-state index in [1.54, 1.807) is 19.3 Å². The Kier molecular flexibility index (Phi) is 6.94. The summed E-state index contributed by atoms with van der Waals surface area (Å²) in [4.78, 5) is 29.8. The van der Waals surface area contributed by atoms with Crippen molar-refractivity contribution in [1.82, 2.24) is 15.1 Å². The van der Waals surface area contributed by atoms with Crippen molar-refractivity contribution < 1.29 is 14.3 Å². The van der Waals surface area contributed by atoms with Gasteiger partial charge in [-0.3, -0.25) is 14.3 Å². The van der Waals surface area contributed by atoms with Gasteiger partial charge in [0.1, 0.15) is 11.7 Å². The van der Waals surface area contributed by atoms with Gasteiger partial charge < -0.3 is 20.3 Å². The number of fused-ring (bicyclic) bond motifs is 2. The van der Waals surface area contributed by atoms with Gasteiger partial charge in [0.05, 0.1) is 0 Å². The van der Waals surface area contributed by atoms with E-state index in [0.29, 0.717) is 29.6 Å². The highest BCUT2D eigenvalue weighted by Gasteiger charge is 2.52. The van der Waals surface area contributed by atoms with E-state index in [0.717, 1.165) is 42.6 Å². The smallest absolute Gasteiger partial charge is 0.270 e. The number of ether oxygens (including phenoxy) is 1. The molecule has 0 unspecified atom stereocenters. The molecule has 6 rings (SSSR count). The van der Waals surface area contributed by atoms with Crippen LogP contribution in [0.15, 0.2) is 67.0 Å². The van der Waals surface area contributed by atoms with Crippen molar-refractivity contribution in [3.63, 3.8) is 0 Å². The summed E-state index contributed by atoms with van der Waals surface area (Å²) >= 11 is 6.71. The van der Waals surface area contributed by atoms with Crippen molar-refractivity contribution >= 4 is 34.8 Å². The molecule has 3 heterocycles. The van der Waals surface area contributed by atoms with Crippen LogP contribution in [0.4, 0.5) is 11.4 Å². The number of anilines is 2. The van der Waals surface area contributed by atoms with Gasteiger partial charge in [-0.15, -0.1) is 0 Å². The molecule has 0 radical (unpaired) electrons. The highest BCUT2D eigenvalue weighted by atomic mass is 35.5. The fourth-order valence-corrected chi connectivity index (χ4v) is 6.97. The van der Waals surface area contributed by atoms with Gasteiger partial charge in [-0.2, -0.15) is 5.10 Å². The quantitative estimate of drug-likeness (QED) is 0.395. The topological polar surface area (TPSA) is 88.5 Å². The molecule has 1 aliphatic carbocycles. The lowest BCUT2D eigenvalue weighted by molar-refractivity contribution is -0.119. The summed E-state index contributed by atoms with van der Waals surface area (Å²) in [5.41, 5.74) is 4.87. The summed E-state index contributed by atoms with van der Waals surface area (Å²) in [5.74, 6) is -0.979. The maximum absolute atomic E-state index is 14.2. The molecule has 2 amide bonds. The number of amides is 2. The Morgan fingerprint density at radius 2 is 1.80 bits per heavy atom. The largest absolute Gasteiger partial charge is 0.381 e. The number of aryl methyl sites for hydroxylation is 1. The first-order valence-electron chi connectivity index (χ1n) is 14.1. The van der Waals surface area contributed by atoms with Gasteiger partial charge in [-0.1, -0.05) is 49.4 Å². The molecule has 2 N–H and O–H groups in total. The minimum Gasteiger partial charge on any atom is -0.381 e. The van der Waals surface area contributed by atoms with Crippen LogP contribution in [0.2, 0.25) is 5.02 Å². The minimum absolute atomic E-state index is 0.139. The molecule has 1 saturated heterocycles. The predicted molar refractivity (Wildman–Crippen MR) is 160 cm³/mol. The van der Waals surface area contributed by atoms with E-state index < -0.39 is 6.04 Å². The molecule has 8 nitrogen and oxygen atoms in total. The summed E-state index contributed by atoms with van der Waals surface area (Å²) in [5, 5.41) is 10.9. The number of nitrogens with zero attached hydrogens (tertiary/aromatic N) is 3. The molecular weight excluding hydrogens is 538 g/mol. The first-order valence-corrected chi connectivity index (χ1v) is 14.5. The van der Waals surface area contributed by atoms with Gasteiger partial charge in [0.25, 0.3) is 5.91 Å². The van der Waals surface area contributed by atoms with Gasteiger partial charge in [0, 0.05) is 66.9 Å². The number of carbonyl (C=O) groups is 2. The second-order valence-corrected chi connectivity index (χ2v) is 12.3. The van der Waals surface area contributed by atoms with Gasteiger partial charge in [0.2, 0.25) is 5.91 Å². The first kappa shape index (κ1) is 27.5. The lowest BCUT2D eigenvalue weighted by Gasteiger charge is -2.35. The van der Waals surface area contributed by atoms with Gasteiger partial charge in [-0.05, 0) is 66.5 Å². The van der Waals surface area contributed by atoms with E-state index in [4.69, 9.17) is 16.3 Å². The summed E-state index contributed by atoms with van der Waals surface area (Å²) in [7, 11) is 3.73. The number of rotatable bonds is 7. The Labute approximate surface area is 245 Å². The molecule has 2 aliphatic heterocycles. The summed E-state index contributed by atoms with van der Waals surface area (Å²) < 4.78 is 7.16. The van der Waals surface area contributed by atoms with E-state index in [2.05, 4.69) is 40.2 Å². The number of likely N-dealkylation sites (N-methyl/N-ethyl adjacent to an activating group) is 1. The Balaban J connectivity index is 1.35. The van der Waals surface area contributed by atoms with E-state index in [1.807, 2.05) is 43.4 Å². The summed E-state index contributed by atoms with van der Waals surface area (Å²) in [6.45, 7) is 7.98. The van der Waals surface area contributed by atoms with Crippen LogP contribution in [0.1, 0.15) is 60.1 Å². The molecule has 1 aromatic heterocycles. The van der Waals surface area contributed by atoms with Crippen LogP contribution in [0.5, 0.6) is 0 Å². The third-order valence-corrected chi connectivity index (χ3v) is 9.78. The highest BCUT2D eigenvalue weighted by molar-refractivity contribution is 6.31. The van der Waals surface area contributed by atoms with Gasteiger partial charge >= 0.3 is 0 Å². The number of hydrogen-bond donors (Lipinski definition) is 2. The molecule has 1 spiro atoms. The van der Waals surface area contributed by atoms with Gasteiger partial charge in [-0.25, -0.2) is 0 Å². The van der Waals surface area contributed by atoms with Crippen LogP contribution in [-0.4, -0.2) is 47.9 Å².